The van der Waals surface area contributed by atoms with Gasteiger partial charge in [-0.15, -0.1) is 11.6 Å². The fourth-order valence-corrected chi connectivity index (χ4v) is 1.55. The molecule has 0 N–H and O–H groups in total. The third-order valence-electron chi connectivity index (χ3n) is 2.02. The molecule has 0 spiro atoms. The van der Waals surface area contributed by atoms with E-state index in [1.807, 2.05) is 0 Å². The molecule has 1 unspecified atom stereocenters. The van der Waals surface area contributed by atoms with Crippen LogP contribution in [-0.2, 0) is 0 Å². The minimum atomic E-state index is -0.334. The van der Waals surface area contributed by atoms with Crippen LogP contribution < -0.4 is 4.74 Å². The lowest BCUT2D eigenvalue weighted by molar-refractivity contribution is 0.329. The van der Waals surface area contributed by atoms with E-state index in [0.717, 1.165) is 5.57 Å². The highest BCUT2D eigenvalue weighted by molar-refractivity contribution is 6.22. The lowest BCUT2D eigenvalue weighted by Gasteiger charge is -2.23. The van der Waals surface area contributed by atoms with Crippen molar-refractivity contribution in [3.05, 3.63) is 41.7 Å². The zero-order chi connectivity index (χ0) is 9.42. The summed E-state index contributed by atoms with van der Waals surface area (Å²) in [5.74, 6) is 0.344. The molecule has 1 aromatic carbocycles. The van der Waals surface area contributed by atoms with E-state index in [2.05, 4.69) is 6.58 Å². The maximum atomic E-state index is 12.9. The number of fused-ring (bicyclic) bond motifs is 1. The van der Waals surface area contributed by atoms with Gasteiger partial charge in [0.1, 0.15) is 18.2 Å². The highest BCUT2D eigenvalue weighted by Crippen LogP contribution is 2.38. The molecule has 0 amide bonds. The average Bonchev–Trinajstić information content (AvgIpc) is 2.12. The number of rotatable bonds is 0. The zero-order valence-electron chi connectivity index (χ0n) is 6.89. The number of ether oxygens (including phenoxy) is 1. The number of alkyl halides is 1. The van der Waals surface area contributed by atoms with E-state index < -0.39 is 0 Å². The summed E-state index contributed by atoms with van der Waals surface area (Å²) >= 11 is 6.02. The first-order valence-electron chi connectivity index (χ1n) is 3.92. The molecule has 3 heteroatoms. The molecular weight excluding hydrogens is 191 g/mol. The third-order valence-corrected chi connectivity index (χ3v) is 2.56. The van der Waals surface area contributed by atoms with Gasteiger partial charge < -0.3 is 4.74 Å². The zero-order valence-corrected chi connectivity index (χ0v) is 7.64. The van der Waals surface area contributed by atoms with E-state index in [1.54, 1.807) is 6.07 Å². The molecule has 1 heterocycles. The molecule has 1 aromatic rings. The molecule has 1 atom stereocenters. The molecule has 0 saturated heterocycles. The van der Waals surface area contributed by atoms with Crippen molar-refractivity contribution in [3.63, 3.8) is 0 Å². The maximum Gasteiger partial charge on any atom is 0.125 e. The predicted octanol–water partition coefficient (Wildman–Crippen LogP) is 3.05. The number of hydrogen-bond donors (Lipinski definition) is 0. The smallest absolute Gasteiger partial charge is 0.125 e. The quantitative estimate of drug-likeness (QED) is 0.460. The van der Waals surface area contributed by atoms with Crippen LogP contribution in [0.1, 0.15) is 10.9 Å². The van der Waals surface area contributed by atoms with Gasteiger partial charge in [-0.3, -0.25) is 0 Å². The Labute approximate surface area is 80.8 Å². The van der Waals surface area contributed by atoms with Crippen molar-refractivity contribution >= 4 is 11.6 Å². The highest BCUT2D eigenvalue weighted by atomic mass is 35.5. The summed E-state index contributed by atoms with van der Waals surface area (Å²) in [6, 6.07) is 4.33. The molecular formula is C10H8ClFO. The van der Waals surface area contributed by atoms with Crippen LogP contribution in [-0.4, -0.2) is 6.61 Å². The summed E-state index contributed by atoms with van der Waals surface area (Å²) < 4.78 is 18.2. The summed E-state index contributed by atoms with van der Waals surface area (Å²) in [5, 5.41) is -0.334. The first-order chi connectivity index (χ1) is 6.18. The summed E-state index contributed by atoms with van der Waals surface area (Å²) in [5.41, 5.74) is 1.43. The van der Waals surface area contributed by atoms with E-state index in [9.17, 15) is 4.39 Å². The largest absolute Gasteiger partial charge is 0.489 e. The van der Waals surface area contributed by atoms with Gasteiger partial charge in [0, 0.05) is 5.56 Å². The Hall–Kier alpha value is -1.02. The second kappa shape index (κ2) is 3.04. The van der Waals surface area contributed by atoms with Gasteiger partial charge in [0.2, 0.25) is 0 Å². The van der Waals surface area contributed by atoms with Crippen molar-refractivity contribution in [1.82, 2.24) is 0 Å². The van der Waals surface area contributed by atoms with Gasteiger partial charge in [-0.2, -0.15) is 0 Å². The fourth-order valence-electron chi connectivity index (χ4n) is 1.31. The molecule has 0 radical (unpaired) electrons. The Morgan fingerprint density at radius 3 is 3.08 bits per heavy atom. The van der Waals surface area contributed by atoms with Gasteiger partial charge in [-0.05, 0) is 23.8 Å². The topological polar surface area (TPSA) is 9.23 Å². The molecule has 0 aliphatic carbocycles. The molecule has 68 valence electrons. The average molecular weight is 199 g/mol. The van der Waals surface area contributed by atoms with Gasteiger partial charge in [0.15, 0.2) is 0 Å². The number of halogens is 2. The van der Waals surface area contributed by atoms with Crippen molar-refractivity contribution < 1.29 is 9.13 Å². The maximum absolute atomic E-state index is 12.9. The summed E-state index contributed by atoms with van der Waals surface area (Å²) in [7, 11) is 0. The Bertz CT molecular complexity index is 362. The van der Waals surface area contributed by atoms with Gasteiger partial charge in [0.25, 0.3) is 0 Å². The minimum absolute atomic E-state index is 0.303. The lowest BCUT2D eigenvalue weighted by atomic mass is 10.0. The van der Waals surface area contributed by atoms with Gasteiger partial charge in [-0.1, -0.05) is 6.58 Å². The van der Waals surface area contributed by atoms with Crippen LogP contribution in [0.15, 0.2) is 30.4 Å². The molecule has 2 rings (SSSR count). The standard InChI is InChI=1S/C10H8ClFO/c1-6-5-13-9-3-2-7(12)4-8(9)10(6)11/h2-4,10H,1,5H2. The molecule has 1 nitrogen and oxygen atoms in total. The first-order valence-corrected chi connectivity index (χ1v) is 4.36. The van der Waals surface area contributed by atoms with Crippen LogP contribution in [0.5, 0.6) is 5.75 Å². The van der Waals surface area contributed by atoms with E-state index in [4.69, 9.17) is 16.3 Å². The Morgan fingerprint density at radius 2 is 2.31 bits per heavy atom. The van der Waals surface area contributed by atoms with Crippen molar-refractivity contribution in [2.45, 2.75) is 5.38 Å². The van der Waals surface area contributed by atoms with Crippen LogP contribution in [0.4, 0.5) is 4.39 Å². The fraction of sp³-hybridized carbons (Fsp3) is 0.200. The van der Waals surface area contributed by atoms with Gasteiger partial charge >= 0.3 is 0 Å². The first kappa shape index (κ1) is 8.57. The van der Waals surface area contributed by atoms with Crippen LogP contribution in [0.25, 0.3) is 0 Å². The van der Waals surface area contributed by atoms with Crippen LogP contribution in [0.2, 0.25) is 0 Å². The lowest BCUT2D eigenvalue weighted by Crippen LogP contribution is -2.13. The Morgan fingerprint density at radius 1 is 1.54 bits per heavy atom. The van der Waals surface area contributed by atoms with Crippen LogP contribution >= 0.6 is 11.6 Å². The minimum Gasteiger partial charge on any atom is -0.489 e. The van der Waals surface area contributed by atoms with Gasteiger partial charge in [-0.25, -0.2) is 4.39 Å². The molecule has 1 aliphatic rings. The molecule has 0 fully saturated rings. The summed E-state index contributed by atoms with van der Waals surface area (Å²) in [4.78, 5) is 0. The predicted molar refractivity (Wildman–Crippen MR) is 49.6 cm³/mol. The number of benzene rings is 1. The van der Waals surface area contributed by atoms with Crippen molar-refractivity contribution in [3.8, 4) is 5.75 Å². The molecule has 0 saturated carbocycles. The van der Waals surface area contributed by atoms with E-state index >= 15 is 0 Å². The molecule has 1 aliphatic heterocycles. The second-order valence-corrected chi connectivity index (χ2v) is 3.43. The Balaban J connectivity index is 2.51. The monoisotopic (exact) mass is 198 g/mol. The summed E-state index contributed by atoms with van der Waals surface area (Å²) in [6.45, 7) is 4.15. The van der Waals surface area contributed by atoms with Gasteiger partial charge in [0.05, 0.1) is 5.38 Å². The van der Waals surface area contributed by atoms with Crippen LogP contribution in [0, 0.1) is 5.82 Å². The Kier molecular flexibility index (Phi) is 2.00. The SMILES string of the molecule is C=C1COc2ccc(F)cc2C1Cl. The third kappa shape index (κ3) is 1.42. The van der Waals surface area contributed by atoms with E-state index in [-0.39, 0.29) is 11.2 Å². The number of hydrogen-bond acceptors (Lipinski definition) is 1. The van der Waals surface area contributed by atoms with E-state index in [1.165, 1.54) is 12.1 Å². The van der Waals surface area contributed by atoms with Crippen LogP contribution in [0.3, 0.4) is 0 Å². The van der Waals surface area contributed by atoms with E-state index in [0.29, 0.717) is 17.9 Å². The normalized spacial score (nSPS) is 20.8. The molecule has 0 aromatic heterocycles. The summed E-state index contributed by atoms with van der Waals surface area (Å²) in [6.07, 6.45) is 0. The molecule has 13 heavy (non-hydrogen) atoms. The highest BCUT2D eigenvalue weighted by Gasteiger charge is 2.22. The van der Waals surface area contributed by atoms with Crippen molar-refractivity contribution in [1.29, 1.82) is 0 Å². The second-order valence-electron chi connectivity index (χ2n) is 2.99. The van der Waals surface area contributed by atoms with Crippen molar-refractivity contribution in [2.75, 3.05) is 6.61 Å². The molecule has 0 bridgehead atoms. The van der Waals surface area contributed by atoms with Crippen molar-refractivity contribution in [2.24, 2.45) is 0 Å².